The fourth-order valence-corrected chi connectivity index (χ4v) is 1.83. The lowest BCUT2D eigenvalue weighted by molar-refractivity contribution is -0.136. The van der Waals surface area contributed by atoms with Crippen molar-refractivity contribution in [3.05, 3.63) is 34.1 Å². The Labute approximate surface area is 94.8 Å². The van der Waals surface area contributed by atoms with Crippen LogP contribution in [0.25, 0.3) is 10.9 Å². The van der Waals surface area contributed by atoms with Gasteiger partial charge in [0.2, 0.25) is 0 Å². The van der Waals surface area contributed by atoms with Crippen molar-refractivity contribution in [2.24, 2.45) is 0 Å². The molecule has 1 N–H and O–H groups in total. The molecule has 0 amide bonds. The predicted molar refractivity (Wildman–Crippen MR) is 57.9 cm³/mol. The third kappa shape index (κ3) is 1.83. The first-order valence-electron chi connectivity index (χ1n) is 5.13. The molecule has 17 heavy (non-hydrogen) atoms. The highest BCUT2D eigenvalue weighted by Gasteiger charge is 2.34. The largest absolute Gasteiger partial charge is 0.418 e. The average Bonchev–Trinajstić information content (AvgIpc) is 2.55. The molecule has 1 aromatic carbocycles. The van der Waals surface area contributed by atoms with Crippen molar-refractivity contribution in [1.29, 1.82) is 0 Å². The zero-order valence-electron chi connectivity index (χ0n) is 9.30. The lowest BCUT2D eigenvalue weighted by Gasteiger charge is -2.13. The van der Waals surface area contributed by atoms with Gasteiger partial charge < -0.3 is 0 Å². The minimum absolute atomic E-state index is 0.0634. The molecule has 0 aliphatic rings. The van der Waals surface area contributed by atoms with Gasteiger partial charge in [-0.05, 0) is 26.0 Å². The highest BCUT2D eigenvalue weighted by atomic mass is 19.4. The van der Waals surface area contributed by atoms with Crippen LogP contribution in [0, 0.1) is 0 Å². The number of H-pyrrole nitrogens is 1. The molecule has 2 rings (SSSR count). The van der Waals surface area contributed by atoms with Crippen LogP contribution in [0.5, 0.6) is 0 Å². The molecule has 0 aliphatic heterocycles. The van der Waals surface area contributed by atoms with Crippen molar-refractivity contribution < 1.29 is 13.2 Å². The molecular formula is C11H11F3N2O. The van der Waals surface area contributed by atoms with Crippen LogP contribution < -0.4 is 5.56 Å². The van der Waals surface area contributed by atoms with Crippen LogP contribution in [0.15, 0.2) is 23.0 Å². The number of nitrogens with one attached hydrogen (secondary N) is 1. The Morgan fingerprint density at radius 1 is 1.29 bits per heavy atom. The summed E-state index contributed by atoms with van der Waals surface area (Å²) in [5.41, 5.74) is -1.37. The van der Waals surface area contributed by atoms with Gasteiger partial charge >= 0.3 is 6.18 Å². The Kier molecular flexibility index (Phi) is 2.52. The zero-order valence-corrected chi connectivity index (χ0v) is 9.30. The summed E-state index contributed by atoms with van der Waals surface area (Å²) in [6.07, 6.45) is -4.47. The van der Waals surface area contributed by atoms with E-state index in [9.17, 15) is 18.0 Å². The smallest absolute Gasteiger partial charge is 0.281 e. The van der Waals surface area contributed by atoms with Gasteiger partial charge in [0.25, 0.3) is 5.56 Å². The van der Waals surface area contributed by atoms with E-state index in [1.54, 1.807) is 13.8 Å². The average molecular weight is 244 g/mol. The Hall–Kier alpha value is -1.72. The van der Waals surface area contributed by atoms with Gasteiger partial charge in [-0.1, -0.05) is 6.07 Å². The van der Waals surface area contributed by atoms with Crippen molar-refractivity contribution >= 4 is 10.9 Å². The van der Waals surface area contributed by atoms with Crippen LogP contribution in [0.1, 0.15) is 25.5 Å². The molecule has 0 saturated heterocycles. The molecule has 2 aromatic rings. The second-order valence-corrected chi connectivity index (χ2v) is 4.10. The SMILES string of the molecule is CC(C)n1[nH]c(=O)c2cccc(C(F)(F)F)c21. The van der Waals surface area contributed by atoms with E-state index in [0.717, 1.165) is 6.07 Å². The molecule has 0 atom stereocenters. The summed E-state index contributed by atoms with van der Waals surface area (Å²) in [6.45, 7) is 3.42. The van der Waals surface area contributed by atoms with Crippen LogP contribution >= 0.6 is 0 Å². The highest BCUT2D eigenvalue weighted by molar-refractivity contribution is 5.82. The summed E-state index contributed by atoms with van der Waals surface area (Å²) < 4.78 is 39.8. The third-order valence-electron chi connectivity index (χ3n) is 2.57. The number of nitrogens with zero attached hydrogens (tertiary/aromatic N) is 1. The van der Waals surface area contributed by atoms with Crippen molar-refractivity contribution in [2.75, 3.05) is 0 Å². The maximum absolute atomic E-state index is 12.8. The van der Waals surface area contributed by atoms with E-state index in [-0.39, 0.29) is 16.9 Å². The molecule has 92 valence electrons. The number of alkyl halides is 3. The van der Waals surface area contributed by atoms with Gasteiger partial charge in [0.15, 0.2) is 0 Å². The van der Waals surface area contributed by atoms with Crippen LogP contribution in [-0.4, -0.2) is 9.78 Å². The van der Waals surface area contributed by atoms with Gasteiger partial charge in [-0.2, -0.15) is 13.2 Å². The van der Waals surface area contributed by atoms with E-state index in [1.807, 2.05) is 0 Å². The van der Waals surface area contributed by atoms with Crippen molar-refractivity contribution in [1.82, 2.24) is 9.78 Å². The molecule has 0 fully saturated rings. The van der Waals surface area contributed by atoms with Crippen molar-refractivity contribution in [3.8, 4) is 0 Å². The summed E-state index contributed by atoms with van der Waals surface area (Å²) in [6, 6.07) is 3.37. The van der Waals surface area contributed by atoms with Crippen LogP contribution in [0.2, 0.25) is 0 Å². The minimum atomic E-state index is -4.47. The highest BCUT2D eigenvalue weighted by Crippen LogP contribution is 2.34. The number of benzene rings is 1. The summed E-state index contributed by atoms with van der Waals surface area (Å²) in [7, 11) is 0. The zero-order chi connectivity index (χ0) is 12.8. The van der Waals surface area contributed by atoms with E-state index in [2.05, 4.69) is 5.10 Å². The molecule has 0 spiro atoms. The quantitative estimate of drug-likeness (QED) is 0.822. The monoisotopic (exact) mass is 244 g/mol. The number of fused-ring (bicyclic) bond motifs is 1. The van der Waals surface area contributed by atoms with E-state index in [1.165, 1.54) is 16.8 Å². The second-order valence-electron chi connectivity index (χ2n) is 4.10. The molecule has 3 nitrogen and oxygen atoms in total. The number of rotatable bonds is 1. The minimum Gasteiger partial charge on any atom is -0.281 e. The summed E-state index contributed by atoms with van der Waals surface area (Å²) in [5, 5.41) is 2.49. The van der Waals surface area contributed by atoms with E-state index in [0.29, 0.717) is 0 Å². The Bertz CT molecular complexity index is 607. The number of aromatic amines is 1. The molecule has 0 saturated carbocycles. The molecule has 0 radical (unpaired) electrons. The van der Waals surface area contributed by atoms with Gasteiger partial charge in [-0.15, -0.1) is 0 Å². The summed E-state index contributed by atoms with van der Waals surface area (Å²) in [4.78, 5) is 11.5. The van der Waals surface area contributed by atoms with Gasteiger partial charge in [0.05, 0.1) is 16.5 Å². The lowest BCUT2D eigenvalue weighted by atomic mass is 10.1. The maximum atomic E-state index is 12.8. The van der Waals surface area contributed by atoms with Gasteiger partial charge in [-0.25, -0.2) is 0 Å². The Morgan fingerprint density at radius 3 is 2.47 bits per heavy atom. The normalized spacial score (nSPS) is 12.6. The third-order valence-corrected chi connectivity index (χ3v) is 2.57. The molecular weight excluding hydrogens is 233 g/mol. The number of halogens is 3. The molecule has 0 unspecified atom stereocenters. The Balaban J connectivity index is 2.91. The van der Waals surface area contributed by atoms with Crippen LogP contribution in [0.4, 0.5) is 13.2 Å². The van der Waals surface area contributed by atoms with Crippen LogP contribution in [-0.2, 0) is 6.18 Å². The lowest BCUT2D eigenvalue weighted by Crippen LogP contribution is -2.11. The summed E-state index contributed by atoms with van der Waals surface area (Å²) in [5.74, 6) is 0. The standard InChI is InChI=1S/C11H11F3N2O/c1-6(2)16-9-7(10(17)15-16)4-3-5-8(9)11(12,13)14/h3-6H,1-2H3,(H,15,17). The molecule has 1 heterocycles. The number of aromatic nitrogens is 2. The molecule has 0 bridgehead atoms. The second kappa shape index (κ2) is 3.65. The Morgan fingerprint density at radius 2 is 1.94 bits per heavy atom. The van der Waals surface area contributed by atoms with Crippen molar-refractivity contribution in [2.45, 2.75) is 26.1 Å². The number of hydrogen-bond donors (Lipinski definition) is 1. The molecule has 1 aromatic heterocycles. The van der Waals surface area contributed by atoms with Crippen LogP contribution in [0.3, 0.4) is 0 Å². The first-order chi connectivity index (χ1) is 7.82. The summed E-state index contributed by atoms with van der Waals surface area (Å²) >= 11 is 0. The van der Waals surface area contributed by atoms with E-state index >= 15 is 0 Å². The fourth-order valence-electron chi connectivity index (χ4n) is 1.83. The van der Waals surface area contributed by atoms with E-state index < -0.39 is 17.3 Å². The van der Waals surface area contributed by atoms with E-state index in [4.69, 9.17) is 0 Å². The molecule has 0 aliphatic carbocycles. The molecule has 6 heteroatoms. The van der Waals surface area contributed by atoms with Gasteiger partial charge in [0, 0.05) is 6.04 Å². The number of para-hydroxylation sites is 1. The van der Waals surface area contributed by atoms with Crippen molar-refractivity contribution in [3.63, 3.8) is 0 Å². The van der Waals surface area contributed by atoms with Gasteiger partial charge in [-0.3, -0.25) is 14.6 Å². The number of hydrogen-bond acceptors (Lipinski definition) is 1. The van der Waals surface area contributed by atoms with Gasteiger partial charge in [0.1, 0.15) is 0 Å². The maximum Gasteiger partial charge on any atom is 0.418 e. The first-order valence-corrected chi connectivity index (χ1v) is 5.13. The topological polar surface area (TPSA) is 37.8 Å². The first kappa shape index (κ1) is 11.8. The predicted octanol–water partition coefficient (Wildman–Crippen LogP) is 2.93. The fraction of sp³-hybridized carbons (Fsp3) is 0.364.